The molecule has 0 saturated heterocycles. The maximum absolute atomic E-state index is 14.0. The van der Waals surface area contributed by atoms with E-state index in [2.05, 4.69) is 4.74 Å². The van der Waals surface area contributed by atoms with Gasteiger partial charge in [-0.05, 0) is 49.2 Å². The topological polar surface area (TPSA) is 72.9 Å². The van der Waals surface area contributed by atoms with Crippen molar-refractivity contribution in [1.29, 1.82) is 0 Å². The summed E-state index contributed by atoms with van der Waals surface area (Å²) in [6.07, 6.45) is 0. The Morgan fingerprint density at radius 3 is 2.38 bits per heavy atom. The summed E-state index contributed by atoms with van der Waals surface area (Å²) >= 11 is 0. The first-order chi connectivity index (χ1) is 12.2. The molecule has 2 aromatic carbocycles. The Labute approximate surface area is 152 Å². The second-order valence-corrected chi connectivity index (χ2v) is 7.54. The van der Waals surface area contributed by atoms with Gasteiger partial charge in [0.05, 0.1) is 24.8 Å². The smallest absolute Gasteiger partial charge is 0.326 e. The van der Waals surface area contributed by atoms with Gasteiger partial charge in [0.2, 0.25) is 0 Å². The molecule has 0 bridgehead atoms. The first-order valence-electron chi connectivity index (χ1n) is 7.71. The number of methoxy groups -OCH3 is 2. The highest BCUT2D eigenvalue weighted by molar-refractivity contribution is 7.92. The zero-order valence-corrected chi connectivity index (χ0v) is 15.8. The van der Waals surface area contributed by atoms with Gasteiger partial charge in [0, 0.05) is 0 Å². The lowest BCUT2D eigenvalue weighted by Crippen LogP contribution is -2.37. The van der Waals surface area contributed by atoms with Crippen LogP contribution in [0.5, 0.6) is 5.75 Å². The molecule has 0 radical (unpaired) electrons. The van der Waals surface area contributed by atoms with E-state index in [0.29, 0.717) is 11.3 Å². The Morgan fingerprint density at radius 1 is 1.12 bits per heavy atom. The lowest BCUT2D eigenvalue weighted by Gasteiger charge is -2.25. The maximum atomic E-state index is 14.0. The predicted molar refractivity (Wildman–Crippen MR) is 95.4 cm³/mol. The van der Waals surface area contributed by atoms with Crippen molar-refractivity contribution in [2.24, 2.45) is 0 Å². The first kappa shape index (κ1) is 19.7. The summed E-state index contributed by atoms with van der Waals surface area (Å²) < 4.78 is 50.6. The number of benzene rings is 2. The molecule has 0 aromatic heterocycles. The van der Waals surface area contributed by atoms with Crippen LogP contribution in [0, 0.1) is 19.7 Å². The van der Waals surface area contributed by atoms with E-state index in [-0.39, 0.29) is 10.6 Å². The largest absolute Gasteiger partial charge is 0.494 e. The molecule has 0 aliphatic rings. The van der Waals surface area contributed by atoms with E-state index in [1.54, 1.807) is 26.0 Å². The van der Waals surface area contributed by atoms with Crippen LogP contribution in [0.15, 0.2) is 41.3 Å². The van der Waals surface area contributed by atoms with E-state index in [4.69, 9.17) is 4.74 Å². The second-order valence-electron chi connectivity index (χ2n) is 5.67. The van der Waals surface area contributed by atoms with E-state index in [1.165, 1.54) is 26.4 Å². The van der Waals surface area contributed by atoms with Crippen molar-refractivity contribution in [3.8, 4) is 5.75 Å². The van der Waals surface area contributed by atoms with Crippen LogP contribution in [0.25, 0.3) is 0 Å². The number of rotatable bonds is 6. The molecule has 6 nitrogen and oxygen atoms in total. The van der Waals surface area contributed by atoms with E-state index in [9.17, 15) is 17.6 Å². The average molecular weight is 381 g/mol. The zero-order chi connectivity index (χ0) is 19.5. The fourth-order valence-electron chi connectivity index (χ4n) is 2.40. The predicted octanol–water partition coefficient (Wildman–Crippen LogP) is 2.82. The summed E-state index contributed by atoms with van der Waals surface area (Å²) in [5.74, 6) is -1.62. The third kappa shape index (κ3) is 3.96. The Hall–Kier alpha value is -2.61. The van der Waals surface area contributed by atoms with Crippen LogP contribution >= 0.6 is 0 Å². The number of esters is 1. The van der Waals surface area contributed by atoms with Crippen molar-refractivity contribution in [2.45, 2.75) is 18.7 Å². The average Bonchev–Trinajstić information content (AvgIpc) is 2.61. The molecule has 0 saturated carbocycles. The molecule has 0 amide bonds. The molecule has 0 heterocycles. The third-order valence-electron chi connectivity index (χ3n) is 3.84. The Kier molecular flexibility index (Phi) is 5.86. The van der Waals surface area contributed by atoms with Crippen LogP contribution in [-0.4, -0.2) is 35.2 Å². The number of anilines is 1. The van der Waals surface area contributed by atoms with E-state index in [1.807, 2.05) is 6.07 Å². The first-order valence-corrected chi connectivity index (χ1v) is 9.15. The normalized spacial score (nSPS) is 11.1. The fraction of sp³-hybridized carbons (Fsp3) is 0.278. The molecule has 26 heavy (non-hydrogen) atoms. The molecular formula is C18H20FNO5S. The van der Waals surface area contributed by atoms with Crippen LogP contribution in [0.4, 0.5) is 10.1 Å². The van der Waals surface area contributed by atoms with Crippen LogP contribution in [0.2, 0.25) is 0 Å². The quantitative estimate of drug-likeness (QED) is 0.720. The van der Waals surface area contributed by atoms with Gasteiger partial charge in [-0.15, -0.1) is 0 Å². The summed E-state index contributed by atoms with van der Waals surface area (Å²) in [7, 11) is -1.76. The van der Waals surface area contributed by atoms with Gasteiger partial charge in [0.15, 0.2) is 11.6 Å². The minimum Gasteiger partial charge on any atom is -0.494 e. The highest BCUT2D eigenvalue weighted by Gasteiger charge is 2.29. The van der Waals surface area contributed by atoms with Crippen LogP contribution < -0.4 is 9.04 Å². The summed E-state index contributed by atoms with van der Waals surface area (Å²) in [6, 6.07) is 8.54. The fourth-order valence-corrected chi connectivity index (χ4v) is 3.88. The zero-order valence-electron chi connectivity index (χ0n) is 14.9. The standard InChI is InChI=1S/C18H20FNO5S/c1-12-5-6-13(2)16(9-12)20(11-18(21)25-4)26(22,23)14-7-8-17(24-3)15(19)10-14/h5-10H,11H2,1-4H3. The van der Waals surface area contributed by atoms with Crippen molar-refractivity contribution in [1.82, 2.24) is 0 Å². The number of hydrogen-bond acceptors (Lipinski definition) is 5. The molecule has 0 aliphatic carbocycles. The molecule has 0 aliphatic heterocycles. The highest BCUT2D eigenvalue weighted by atomic mass is 32.2. The number of carbonyl (C=O) groups excluding carboxylic acids is 1. The molecule has 0 unspecified atom stereocenters. The van der Waals surface area contributed by atoms with Crippen molar-refractivity contribution in [3.63, 3.8) is 0 Å². The molecule has 8 heteroatoms. The molecule has 0 spiro atoms. The summed E-state index contributed by atoms with van der Waals surface area (Å²) in [6.45, 7) is 3.00. The SMILES string of the molecule is COC(=O)CN(c1cc(C)ccc1C)S(=O)(=O)c1ccc(OC)c(F)c1. The summed E-state index contributed by atoms with van der Waals surface area (Å²) in [5, 5.41) is 0. The summed E-state index contributed by atoms with van der Waals surface area (Å²) in [5.41, 5.74) is 1.79. The Balaban J connectivity index is 2.61. The number of hydrogen-bond donors (Lipinski definition) is 0. The monoisotopic (exact) mass is 381 g/mol. The van der Waals surface area contributed by atoms with Gasteiger partial charge in [-0.2, -0.15) is 0 Å². The molecule has 2 aromatic rings. The van der Waals surface area contributed by atoms with Gasteiger partial charge >= 0.3 is 5.97 Å². The molecule has 0 atom stereocenters. The van der Waals surface area contributed by atoms with Crippen molar-refractivity contribution >= 4 is 21.7 Å². The second kappa shape index (κ2) is 7.74. The van der Waals surface area contributed by atoms with Crippen LogP contribution in [0.1, 0.15) is 11.1 Å². The van der Waals surface area contributed by atoms with Crippen molar-refractivity contribution in [3.05, 3.63) is 53.3 Å². The third-order valence-corrected chi connectivity index (χ3v) is 5.60. The number of ether oxygens (including phenoxy) is 2. The number of aryl methyl sites for hydroxylation is 2. The van der Waals surface area contributed by atoms with Gasteiger partial charge in [-0.25, -0.2) is 12.8 Å². The molecular weight excluding hydrogens is 361 g/mol. The Morgan fingerprint density at radius 2 is 1.81 bits per heavy atom. The van der Waals surface area contributed by atoms with E-state index in [0.717, 1.165) is 15.9 Å². The molecule has 0 N–H and O–H groups in total. The van der Waals surface area contributed by atoms with E-state index < -0.39 is 28.4 Å². The minimum absolute atomic E-state index is 0.0739. The number of nitrogens with zero attached hydrogens (tertiary/aromatic N) is 1. The van der Waals surface area contributed by atoms with Gasteiger partial charge < -0.3 is 9.47 Å². The van der Waals surface area contributed by atoms with Gasteiger partial charge in [-0.3, -0.25) is 9.10 Å². The minimum atomic E-state index is -4.21. The van der Waals surface area contributed by atoms with E-state index >= 15 is 0 Å². The number of sulfonamides is 1. The molecule has 0 fully saturated rings. The maximum Gasteiger partial charge on any atom is 0.326 e. The van der Waals surface area contributed by atoms with Gasteiger partial charge in [0.1, 0.15) is 6.54 Å². The molecule has 2 rings (SSSR count). The summed E-state index contributed by atoms with van der Waals surface area (Å²) in [4.78, 5) is 11.5. The lowest BCUT2D eigenvalue weighted by molar-refractivity contribution is -0.138. The molecule has 140 valence electrons. The van der Waals surface area contributed by atoms with Crippen LogP contribution in [0.3, 0.4) is 0 Å². The highest BCUT2D eigenvalue weighted by Crippen LogP contribution is 2.29. The number of halogens is 1. The Bertz CT molecular complexity index is 927. The van der Waals surface area contributed by atoms with Gasteiger partial charge in [-0.1, -0.05) is 12.1 Å². The van der Waals surface area contributed by atoms with Crippen LogP contribution in [-0.2, 0) is 19.6 Å². The van der Waals surface area contributed by atoms with Crippen molar-refractivity contribution in [2.75, 3.05) is 25.1 Å². The van der Waals surface area contributed by atoms with Gasteiger partial charge in [0.25, 0.3) is 10.0 Å². The van der Waals surface area contributed by atoms with Crippen molar-refractivity contribution < 1.29 is 27.1 Å². The lowest BCUT2D eigenvalue weighted by atomic mass is 10.1. The number of carbonyl (C=O) groups is 1.